The van der Waals surface area contributed by atoms with Gasteiger partial charge in [-0.1, -0.05) is 25.3 Å². The Hall–Kier alpha value is -1.02. The van der Waals surface area contributed by atoms with Crippen LogP contribution in [0.2, 0.25) is 0 Å². The van der Waals surface area contributed by atoms with Gasteiger partial charge in [0.1, 0.15) is 5.75 Å². The lowest BCUT2D eigenvalue weighted by Gasteiger charge is -2.62. The molecule has 4 atom stereocenters. The smallest absolute Gasteiger partial charge is 0.115 e. The Morgan fingerprint density at radius 3 is 2.95 bits per heavy atom. The highest BCUT2D eigenvalue weighted by molar-refractivity contribution is 5.45. The second-order valence-electron chi connectivity index (χ2n) is 8.21. The Balaban J connectivity index is 1.68. The number of phenolic OH excluding ortho intramolecular Hbond substituents is 1. The summed E-state index contributed by atoms with van der Waals surface area (Å²) in [5, 5.41) is 10.1. The average molecular weight is 297 g/mol. The predicted octanol–water partition coefficient (Wildman–Crippen LogP) is 4.00. The van der Waals surface area contributed by atoms with Gasteiger partial charge in [0.2, 0.25) is 0 Å². The molecule has 1 aromatic carbocycles. The van der Waals surface area contributed by atoms with E-state index in [-0.39, 0.29) is 0 Å². The highest BCUT2D eigenvalue weighted by atomic mass is 16.3. The fraction of sp³-hybridized carbons (Fsp3) is 0.700. The van der Waals surface area contributed by atoms with Crippen molar-refractivity contribution >= 4 is 0 Å². The van der Waals surface area contributed by atoms with E-state index >= 15 is 0 Å². The number of hydrogen-bond acceptors (Lipinski definition) is 2. The highest BCUT2D eigenvalue weighted by Crippen LogP contribution is 2.58. The van der Waals surface area contributed by atoms with E-state index in [2.05, 4.69) is 17.0 Å². The lowest BCUT2D eigenvalue weighted by Crippen LogP contribution is -2.65. The first kappa shape index (κ1) is 13.4. The minimum absolute atomic E-state index is 0.383. The molecule has 0 aromatic heterocycles. The second kappa shape index (κ2) is 4.74. The van der Waals surface area contributed by atoms with Crippen molar-refractivity contribution in [3.05, 3.63) is 29.3 Å². The zero-order valence-corrected chi connectivity index (χ0v) is 13.4. The quantitative estimate of drug-likeness (QED) is 0.782. The number of phenols is 1. The van der Waals surface area contributed by atoms with E-state index < -0.39 is 0 Å². The molecule has 2 aliphatic carbocycles. The van der Waals surface area contributed by atoms with Crippen LogP contribution in [0.4, 0.5) is 0 Å². The van der Waals surface area contributed by atoms with Gasteiger partial charge in [0.15, 0.2) is 0 Å². The molecular weight excluding hydrogens is 270 g/mol. The van der Waals surface area contributed by atoms with Crippen molar-refractivity contribution in [3.8, 4) is 5.75 Å². The number of rotatable bonds is 0. The zero-order chi connectivity index (χ0) is 14.7. The molecule has 5 rings (SSSR count). The molecule has 4 aliphatic rings. The summed E-state index contributed by atoms with van der Waals surface area (Å²) in [5.41, 5.74) is 3.44. The number of nitrogens with zero attached hydrogens (tertiary/aromatic N) is 1. The van der Waals surface area contributed by atoms with Crippen LogP contribution in [0.15, 0.2) is 18.2 Å². The molecule has 118 valence electrons. The maximum atomic E-state index is 10.1. The molecule has 2 nitrogen and oxygen atoms in total. The first-order chi connectivity index (χ1) is 10.8. The van der Waals surface area contributed by atoms with Gasteiger partial charge in [-0.2, -0.15) is 0 Å². The van der Waals surface area contributed by atoms with E-state index in [1.807, 2.05) is 6.07 Å². The Bertz CT molecular complexity index is 597. The highest BCUT2D eigenvalue weighted by Gasteiger charge is 2.56. The molecule has 2 heteroatoms. The van der Waals surface area contributed by atoms with Crippen molar-refractivity contribution in [2.24, 2.45) is 5.92 Å². The first-order valence-electron chi connectivity index (χ1n) is 9.36. The van der Waals surface area contributed by atoms with Crippen molar-refractivity contribution < 1.29 is 5.11 Å². The Morgan fingerprint density at radius 2 is 2.00 bits per heavy atom. The summed E-state index contributed by atoms with van der Waals surface area (Å²) in [6.07, 6.45) is 12.3. The number of benzene rings is 1. The number of piperidine rings is 2. The molecule has 0 spiro atoms. The third-order valence-electron chi connectivity index (χ3n) is 7.32. The normalized spacial score (nSPS) is 40.5. The summed E-state index contributed by atoms with van der Waals surface area (Å²) in [6, 6.07) is 7.83. The molecular formula is C20H27NO. The van der Waals surface area contributed by atoms with Crippen molar-refractivity contribution in [1.82, 2.24) is 4.90 Å². The van der Waals surface area contributed by atoms with E-state index in [0.29, 0.717) is 11.2 Å². The number of aromatic hydroxyl groups is 1. The minimum Gasteiger partial charge on any atom is -0.508 e. The van der Waals surface area contributed by atoms with Crippen molar-refractivity contribution in [2.75, 3.05) is 6.54 Å². The molecule has 0 amide bonds. The number of hydrogen-bond donors (Lipinski definition) is 1. The maximum absolute atomic E-state index is 10.1. The van der Waals surface area contributed by atoms with Crippen LogP contribution < -0.4 is 0 Å². The summed E-state index contributed by atoms with van der Waals surface area (Å²) < 4.78 is 0. The molecule has 2 bridgehead atoms. The average Bonchev–Trinajstić information content (AvgIpc) is 2.55. The Morgan fingerprint density at radius 1 is 1.09 bits per heavy atom. The van der Waals surface area contributed by atoms with Crippen molar-refractivity contribution in [1.29, 1.82) is 0 Å². The summed E-state index contributed by atoms with van der Waals surface area (Å²) in [4.78, 5) is 2.90. The lowest BCUT2D eigenvalue weighted by atomic mass is 9.50. The Kier molecular flexibility index (Phi) is 2.89. The van der Waals surface area contributed by atoms with Gasteiger partial charge >= 0.3 is 0 Å². The third kappa shape index (κ3) is 1.71. The summed E-state index contributed by atoms with van der Waals surface area (Å²) >= 11 is 0. The molecule has 1 N–H and O–H groups in total. The van der Waals surface area contributed by atoms with E-state index in [4.69, 9.17) is 0 Å². The van der Waals surface area contributed by atoms with Gasteiger partial charge < -0.3 is 5.11 Å². The monoisotopic (exact) mass is 297 g/mol. The molecule has 22 heavy (non-hydrogen) atoms. The van der Waals surface area contributed by atoms with Crippen LogP contribution in [-0.2, 0) is 11.8 Å². The topological polar surface area (TPSA) is 23.5 Å². The summed E-state index contributed by atoms with van der Waals surface area (Å²) in [6.45, 7) is 1.33. The van der Waals surface area contributed by atoms with Crippen LogP contribution in [0.3, 0.4) is 0 Å². The van der Waals surface area contributed by atoms with Crippen LogP contribution in [-0.4, -0.2) is 28.6 Å². The molecule has 2 saturated heterocycles. The predicted molar refractivity (Wildman–Crippen MR) is 88.2 cm³/mol. The standard InChI is InChI=1S/C20H27NO/c22-16-8-7-14-11-19-17-6-1-3-9-20(17,18(14)12-16)13-15-5-2-4-10-21(15)19/h7-8,12,15,17,19,22H,1-6,9-11,13H2. The van der Waals surface area contributed by atoms with E-state index in [1.165, 1.54) is 75.5 Å². The molecule has 1 saturated carbocycles. The number of fused-ring (bicyclic) bond motifs is 3. The van der Waals surface area contributed by atoms with Crippen LogP contribution in [0.1, 0.15) is 62.5 Å². The SMILES string of the molecule is Oc1ccc2c(c1)C13CCCCC1C(C2)N1CCCCC1C3. The van der Waals surface area contributed by atoms with E-state index in [1.54, 1.807) is 0 Å². The molecule has 2 aliphatic heterocycles. The van der Waals surface area contributed by atoms with Gasteiger partial charge in [-0.3, -0.25) is 4.90 Å². The van der Waals surface area contributed by atoms with E-state index in [9.17, 15) is 5.11 Å². The van der Waals surface area contributed by atoms with Gasteiger partial charge in [-0.25, -0.2) is 0 Å². The molecule has 4 unspecified atom stereocenters. The molecule has 3 fully saturated rings. The fourth-order valence-corrected chi connectivity index (χ4v) is 6.55. The summed E-state index contributed by atoms with van der Waals surface area (Å²) in [7, 11) is 0. The largest absolute Gasteiger partial charge is 0.508 e. The molecule has 0 radical (unpaired) electrons. The van der Waals surface area contributed by atoms with Gasteiger partial charge in [-0.05, 0) is 74.2 Å². The maximum Gasteiger partial charge on any atom is 0.115 e. The van der Waals surface area contributed by atoms with Gasteiger partial charge in [0.25, 0.3) is 0 Å². The minimum atomic E-state index is 0.383. The fourth-order valence-electron chi connectivity index (χ4n) is 6.55. The van der Waals surface area contributed by atoms with Gasteiger partial charge in [0, 0.05) is 17.5 Å². The Labute approximate surface area is 133 Å². The zero-order valence-electron chi connectivity index (χ0n) is 13.4. The lowest BCUT2D eigenvalue weighted by molar-refractivity contribution is -0.0624. The van der Waals surface area contributed by atoms with Crippen molar-refractivity contribution in [3.63, 3.8) is 0 Å². The summed E-state index contributed by atoms with van der Waals surface area (Å²) in [5.74, 6) is 1.31. The third-order valence-corrected chi connectivity index (χ3v) is 7.32. The van der Waals surface area contributed by atoms with E-state index in [0.717, 1.165) is 18.0 Å². The van der Waals surface area contributed by atoms with Crippen LogP contribution in [0.5, 0.6) is 5.75 Å². The van der Waals surface area contributed by atoms with Gasteiger partial charge in [0.05, 0.1) is 0 Å². The van der Waals surface area contributed by atoms with Crippen LogP contribution >= 0.6 is 0 Å². The molecule has 2 heterocycles. The first-order valence-corrected chi connectivity index (χ1v) is 9.36. The second-order valence-corrected chi connectivity index (χ2v) is 8.21. The van der Waals surface area contributed by atoms with Crippen LogP contribution in [0.25, 0.3) is 0 Å². The van der Waals surface area contributed by atoms with Crippen LogP contribution in [0, 0.1) is 5.92 Å². The molecule has 1 aromatic rings. The van der Waals surface area contributed by atoms with Gasteiger partial charge in [-0.15, -0.1) is 0 Å². The van der Waals surface area contributed by atoms with Crippen molar-refractivity contribution in [2.45, 2.75) is 75.3 Å².